The third kappa shape index (κ3) is 6.89. The molecule has 13 heavy (non-hydrogen) atoms. The maximum absolute atomic E-state index is 11.6. The van der Waals surface area contributed by atoms with E-state index in [1.165, 1.54) is 0 Å². The minimum absolute atomic E-state index is 0.609. The molecule has 0 heterocycles. The van der Waals surface area contributed by atoms with Gasteiger partial charge in [-0.1, -0.05) is 4.40 Å². The third-order valence-electron chi connectivity index (χ3n) is 1.02. The second-order valence-electron chi connectivity index (χ2n) is 3.47. The summed E-state index contributed by atoms with van der Waals surface area (Å²) in [6.07, 6.45) is -4.75. The zero-order valence-corrected chi connectivity index (χ0v) is 8.50. The summed E-state index contributed by atoms with van der Waals surface area (Å²) in [5.41, 5.74) is 0. The van der Waals surface area contributed by atoms with E-state index in [1.54, 1.807) is 20.8 Å². The van der Waals surface area contributed by atoms with Crippen LogP contribution in [0.3, 0.4) is 0 Å². The van der Waals surface area contributed by atoms with Crippen molar-refractivity contribution in [3.8, 4) is 0 Å². The molecule has 0 amide bonds. The Morgan fingerprint density at radius 1 is 1.31 bits per heavy atom. The van der Waals surface area contributed by atoms with Gasteiger partial charge in [0, 0.05) is 0 Å². The van der Waals surface area contributed by atoms with Gasteiger partial charge in [0.1, 0.15) is 16.1 Å². The molecule has 0 spiro atoms. The smallest absolute Gasteiger partial charge is 0.394 e. The molecule has 2 nitrogen and oxygen atoms in total. The minimum atomic E-state index is -4.27. The number of rotatable bonds is 2. The molecule has 0 aromatic carbocycles. The van der Waals surface area contributed by atoms with Crippen LogP contribution in [0.2, 0.25) is 0 Å². The number of halogens is 3. The van der Waals surface area contributed by atoms with Crippen molar-refractivity contribution in [1.29, 1.82) is 0 Å². The van der Waals surface area contributed by atoms with Gasteiger partial charge in [-0.15, -0.1) is 0 Å². The molecule has 0 rings (SSSR count). The van der Waals surface area contributed by atoms with Gasteiger partial charge in [0.15, 0.2) is 0 Å². The van der Waals surface area contributed by atoms with Crippen molar-refractivity contribution < 1.29 is 17.7 Å². The molecule has 1 unspecified atom stereocenters. The van der Waals surface area contributed by atoms with Gasteiger partial charge in [0.25, 0.3) is 0 Å². The predicted octanol–water partition coefficient (Wildman–Crippen LogP) is 2.47. The lowest BCUT2D eigenvalue weighted by atomic mass is 10.3. The first-order valence-corrected chi connectivity index (χ1v) is 4.75. The highest BCUT2D eigenvalue weighted by Crippen LogP contribution is 2.20. The summed E-state index contributed by atoms with van der Waals surface area (Å²) in [6, 6.07) is 0. The molecule has 0 N–H and O–H groups in total. The Kier molecular flexibility index (Phi) is 4.25. The molecule has 0 aliphatic rings. The molecule has 0 aromatic rings. The number of hydrogen-bond acceptors (Lipinski definition) is 2. The Labute approximate surface area is 78.6 Å². The molecule has 1 atom stereocenters. The molecule has 0 radical (unpaired) electrons. The second-order valence-corrected chi connectivity index (χ2v) is 5.40. The van der Waals surface area contributed by atoms with Crippen LogP contribution in [0.4, 0.5) is 13.2 Å². The van der Waals surface area contributed by atoms with E-state index in [0.29, 0.717) is 6.21 Å². The standard InChI is InChI=1S/C7H12F3NOS/c1-6(2,3)13(12)11-5-4-7(8,9)10/h5H,4H2,1-3H3. The van der Waals surface area contributed by atoms with Crippen molar-refractivity contribution in [1.82, 2.24) is 0 Å². The van der Waals surface area contributed by atoms with E-state index in [4.69, 9.17) is 0 Å². The van der Waals surface area contributed by atoms with Crippen molar-refractivity contribution in [2.24, 2.45) is 4.40 Å². The summed E-state index contributed by atoms with van der Waals surface area (Å²) in [5, 5.41) is 0. The molecule has 0 saturated heterocycles. The minimum Gasteiger partial charge on any atom is -0.591 e. The van der Waals surface area contributed by atoms with Crippen molar-refractivity contribution in [3.05, 3.63) is 0 Å². The number of nitrogens with zero attached hydrogens (tertiary/aromatic N) is 1. The van der Waals surface area contributed by atoms with E-state index in [0.717, 1.165) is 0 Å². The Balaban J connectivity index is 4.00. The highest BCUT2D eigenvalue weighted by atomic mass is 32.2. The maximum Gasteiger partial charge on any atom is 0.394 e. The van der Waals surface area contributed by atoms with Crippen LogP contribution < -0.4 is 0 Å². The third-order valence-corrected chi connectivity index (χ3v) is 2.41. The largest absolute Gasteiger partial charge is 0.591 e. The van der Waals surface area contributed by atoms with E-state index >= 15 is 0 Å². The van der Waals surface area contributed by atoms with E-state index in [1.807, 2.05) is 0 Å². The highest BCUT2D eigenvalue weighted by molar-refractivity contribution is 7.91. The summed E-state index contributed by atoms with van der Waals surface area (Å²) in [5.74, 6) is 0. The Morgan fingerprint density at radius 3 is 2.08 bits per heavy atom. The van der Waals surface area contributed by atoms with E-state index in [9.17, 15) is 17.7 Å². The monoisotopic (exact) mass is 215 g/mol. The first kappa shape index (κ1) is 12.8. The molecule has 0 aromatic heterocycles. The van der Waals surface area contributed by atoms with Crippen LogP contribution in [0.1, 0.15) is 27.2 Å². The van der Waals surface area contributed by atoms with Gasteiger partial charge in [-0.25, -0.2) is 0 Å². The van der Waals surface area contributed by atoms with Gasteiger partial charge >= 0.3 is 6.18 Å². The molecular weight excluding hydrogens is 203 g/mol. The molecule has 0 aliphatic carbocycles. The fourth-order valence-corrected chi connectivity index (χ4v) is 0.893. The average molecular weight is 215 g/mol. The molecule has 0 fully saturated rings. The van der Waals surface area contributed by atoms with E-state index in [-0.39, 0.29) is 0 Å². The maximum atomic E-state index is 11.6. The molecule has 0 saturated carbocycles. The normalized spacial score (nSPS) is 16.5. The van der Waals surface area contributed by atoms with Crippen molar-refractivity contribution in [2.75, 3.05) is 0 Å². The average Bonchev–Trinajstić information content (AvgIpc) is 1.82. The summed E-state index contributed by atoms with van der Waals surface area (Å²) < 4.78 is 48.6. The Morgan fingerprint density at radius 2 is 1.77 bits per heavy atom. The lowest BCUT2D eigenvalue weighted by molar-refractivity contribution is -0.120. The topological polar surface area (TPSA) is 35.4 Å². The summed E-state index contributed by atoms with van der Waals surface area (Å²) in [4.78, 5) is 0. The Hall–Kier alpha value is -0.230. The molecule has 6 heteroatoms. The van der Waals surface area contributed by atoms with Crippen molar-refractivity contribution in [3.63, 3.8) is 0 Å². The van der Waals surface area contributed by atoms with Crippen LogP contribution >= 0.6 is 0 Å². The van der Waals surface area contributed by atoms with E-state index in [2.05, 4.69) is 4.40 Å². The lowest BCUT2D eigenvalue weighted by Gasteiger charge is -2.17. The number of alkyl halides is 3. The second kappa shape index (κ2) is 4.32. The van der Waals surface area contributed by atoms with Gasteiger partial charge < -0.3 is 4.55 Å². The van der Waals surface area contributed by atoms with Gasteiger partial charge in [-0.2, -0.15) is 13.2 Å². The summed E-state index contributed by atoms with van der Waals surface area (Å²) >= 11 is -1.60. The van der Waals surface area contributed by atoms with Gasteiger partial charge in [0.2, 0.25) is 0 Å². The Bertz CT molecular complexity index is 185. The van der Waals surface area contributed by atoms with Crippen LogP contribution in [-0.4, -0.2) is 21.7 Å². The van der Waals surface area contributed by atoms with Crippen LogP contribution in [0.15, 0.2) is 4.40 Å². The van der Waals surface area contributed by atoms with Gasteiger partial charge in [-0.05, 0) is 20.8 Å². The zero-order valence-electron chi connectivity index (χ0n) is 7.68. The van der Waals surface area contributed by atoms with E-state index < -0.39 is 28.7 Å². The van der Waals surface area contributed by atoms with Gasteiger partial charge in [0.05, 0.1) is 12.6 Å². The lowest BCUT2D eigenvalue weighted by Crippen LogP contribution is -2.26. The fraction of sp³-hybridized carbons (Fsp3) is 0.857. The molecule has 0 aliphatic heterocycles. The summed E-state index contributed by atoms with van der Waals surface area (Å²) in [7, 11) is 0. The van der Waals surface area contributed by atoms with Crippen LogP contribution in [-0.2, 0) is 11.4 Å². The van der Waals surface area contributed by atoms with Gasteiger partial charge in [-0.3, -0.25) is 0 Å². The SMILES string of the molecule is CC(C)(C)[S+]([O-])N=CCC(F)(F)F. The first-order valence-electron chi connectivity index (χ1n) is 3.64. The first-order chi connectivity index (χ1) is 5.63. The quantitative estimate of drug-likeness (QED) is 0.514. The summed E-state index contributed by atoms with van der Waals surface area (Å²) in [6.45, 7) is 4.94. The molecule has 0 bridgehead atoms. The number of hydrogen-bond donors (Lipinski definition) is 0. The van der Waals surface area contributed by atoms with Crippen molar-refractivity contribution >= 4 is 17.6 Å². The predicted molar refractivity (Wildman–Crippen MR) is 47.1 cm³/mol. The highest BCUT2D eigenvalue weighted by Gasteiger charge is 2.28. The van der Waals surface area contributed by atoms with Crippen LogP contribution in [0.25, 0.3) is 0 Å². The van der Waals surface area contributed by atoms with Crippen LogP contribution in [0, 0.1) is 0 Å². The molecule has 78 valence electrons. The van der Waals surface area contributed by atoms with Crippen molar-refractivity contribution in [2.45, 2.75) is 38.1 Å². The zero-order chi connectivity index (χ0) is 10.7. The fourth-order valence-electron chi connectivity index (χ4n) is 0.367. The van der Waals surface area contributed by atoms with Crippen LogP contribution in [0.5, 0.6) is 0 Å². The molecular formula is C7H12F3NOS.